The molecule has 6 rings (SSSR count). The maximum absolute atomic E-state index is 12.8. The molecule has 3 aromatic rings. The average molecular weight is 444 g/mol. The highest BCUT2D eigenvalue weighted by Crippen LogP contribution is 2.42. The number of nitrogens with zero attached hydrogens (tertiary/aromatic N) is 1. The summed E-state index contributed by atoms with van der Waals surface area (Å²) < 4.78 is 22.5. The predicted octanol–water partition coefficient (Wildman–Crippen LogP) is 5.22. The summed E-state index contributed by atoms with van der Waals surface area (Å²) >= 11 is 5.97. The minimum Gasteiger partial charge on any atom is -0.456 e. The molecule has 156 valence electrons. The lowest BCUT2D eigenvalue weighted by Crippen LogP contribution is -2.08. The summed E-state index contributed by atoms with van der Waals surface area (Å²) in [5, 5.41) is 0.590. The molecule has 0 spiro atoms. The normalized spacial score (nSPS) is 18.5. The molecule has 3 heterocycles. The first-order valence-corrected chi connectivity index (χ1v) is 10.2. The third-order valence-corrected chi connectivity index (χ3v) is 5.52. The lowest BCUT2D eigenvalue weighted by atomic mass is 9.97. The Bertz CT molecular complexity index is 1370. The van der Waals surface area contributed by atoms with Gasteiger partial charge in [-0.1, -0.05) is 29.8 Å². The lowest BCUT2D eigenvalue weighted by molar-refractivity contribution is -0.129. The van der Waals surface area contributed by atoms with Crippen molar-refractivity contribution in [2.45, 2.75) is 0 Å². The number of ether oxygens (including phenoxy) is 4. The number of para-hydroxylation sites is 1. The lowest BCUT2D eigenvalue weighted by Gasteiger charge is -2.20. The van der Waals surface area contributed by atoms with E-state index in [2.05, 4.69) is 4.99 Å². The molecule has 3 aromatic carbocycles. The molecule has 3 aliphatic heterocycles. The summed E-state index contributed by atoms with van der Waals surface area (Å²) in [7, 11) is 0. The van der Waals surface area contributed by atoms with Crippen molar-refractivity contribution in [1.29, 1.82) is 0 Å². The van der Waals surface area contributed by atoms with Crippen LogP contribution in [0.5, 0.6) is 17.2 Å². The fourth-order valence-electron chi connectivity index (χ4n) is 3.72. The van der Waals surface area contributed by atoms with Crippen molar-refractivity contribution in [2.75, 3.05) is 6.79 Å². The van der Waals surface area contributed by atoms with E-state index in [1.54, 1.807) is 30.3 Å². The highest BCUT2D eigenvalue weighted by atomic mass is 35.5. The summed E-state index contributed by atoms with van der Waals surface area (Å²) in [4.78, 5) is 17.3. The van der Waals surface area contributed by atoms with Crippen LogP contribution in [0.2, 0.25) is 5.02 Å². The molecule has 0 atom stereocenters. The standard InChI is InChI=1S/C25H14ClNO5/c26-16-8-5-14(6-9-16)24-27-23(25(28)32-24)18-12-21(31-19-4-2-1-3-17(18)19)15-7-10-20-22(11-15)30-13-29-20/h1-12H,13H2. The Labute approximate surface area is 188 Å². The molecule has 0 unspecified atom stereocenters. The van der Waals surface area contributed by atoms with Crippen molar-refractivity contribution >= 4 is 34.8 Å². The number of esters is 1. The average Bonchev–Trinajstić information content (AvgIpc) is 3.45. The van der Waals surface area contributed by atoms with Gasteiger partial charge in [0.15, 0.2) is 17.2 Å². The second kappa shape index (κ2) is 7.28. The van der Waals surface area contributed by atoms with Crippen molar-refractivity contribution in [3.63, 3.8) is 0 Å². The van der Waals surface area contributed by atoms with Crippen LogP contribution in [-0.2, 0) is 9.53 Å². The molecule has 0 aliphatic carbocycles. The number of cyclic esters (lactones) is 1. The van der Waals surface area contributed by atoms with Gasteiger partial charge >= 0.3 is 5.97 Å². The number of aliphatic imine (C=N–C) groups is 1. The number of halogens is 1. The maximum Gasteiger partial charge on any atom is 0.364 e. The molecule has 0 amide bonds. The van der Waals surface area contributed by atoms with Gasteiger partial charge in [0.25, 0.3) is 0 Å². The van der Waals surface area contributed by atoms with Crippen molar-refractivity contribution in [3.05, 3.63) is 100 Å². The molecule has 0 N–H and O–H groups in total. The maximum atomic E-state index is 12.8. The third kappa shape index (κ3) is 3.13. The van der Waals surface area contributed by atoms with Crippen molar-refractivity contribution in [2.24, 2.45) is 4.99 Å². The predicted molar refractivity (Wildman–Crippen MR) is 119 cm³/mol. The molecule has 7 heteroatoms. The van der Waals surface area contributed by atoms with Gasteiger partial charge in [-0.25, -0.2) is 9.79 Å². The van der Waals surface area contributed by atoms with Crippen molar-refractivity contribution in [1.82, 2.24) is 0 Å². The number of benzene rings is 3. The van der Waals surface area contributed by atoms with Crippen LogP contribution >= 0.6 is 11.6 Å². The number of rotatable bonds is 2. The van der Waals surface area contributed by atoms with Crippen LogP contribution in [0.3, 0.4) is 0 Å². The molecule has 0 saturated heterocycles. The Morgan fingerprint density at radius 3 is 2.47 bits per heavy atom. The Morgan fingerprint density at radius 1 is 0.812 bits per heavy atom. The molecule has 3 aliphatic rings. The van der Waals surface area contributed by atoms with E-state index in [0.717, 1.165) is 11.1 Å². The summed E-state index contributed by atoms with van der Waals surface area (Å²) in [6.45, 7) is 0.185. The van der Waals surface area contributed by atoms with Crippen LogP contribution in [0.25, 0.3) is 11.3 Å². The van der Waals surface area contributed by atoms with E-state index >= 15 is 0 Å². The number of carbonyl (C=O) groups excluding carboxylic acids is 1. The van der Waals surface area contributed by atoms with Crippen LogP contribution < -0.4 is 14.2 Å². The Kier molecular flexibility index (Phi) is 4.26. The number of fused-ring (bicyclic) bond motifs is 2. The molecule has 0 bridgehead atoms. The molecule has 0 fully saturated rings. The summed E-state index contributed by atoms with van der Waals surface area (Å²) in [5.74, 6) is 2.21. The van der Waals surface area contributed by atoms with Crippen molar-refractivity contribution in [3.8, 4) is 17.2 Å². The summed E-state index contributed by atoms with van der Waals surface area (Å²) in [6, 6.07) is 20.0. The topological polar surface area (TPSA) is 66.4 Å². The van der Waals surface area contributed by atoms with E-state index in [1.165, 1.54) is 0 Å². The second-order valence-corrected chi connectivity index (χ2v) is 7.69. The smallest absolute Gasteiger partial charge is 0.364 e. The zero-order valence-electron chi connectivity index (χ0n) is 16.5. The number of hydrogen-bond acceptors (Lipinski definition) is 6. The fourth-order valence-corrected chi connectivity index (χ4v) is 3.84. The van der Waals surface area contributed by atoms with E-state index in [4.69, 9.17) is 30.5 Å². The summed E-state index contributed by atoms with van der Waals surface area (Å²) in [6.07, 6.45) is 1.80. The van der Waals surface area contributed by atoms with Crippen LogP contribution in [0.1, 0.15) is 16.7 Å². The molecule has 32 heavy (non-hydrogen) atoms. The third-order valence-electron chi connectivity index (χ3n) is 5.27. The van der Waals surface area contributed by atoms with Crippen molar-refractivity contribution < 1.29 is 23.7 Å². The van der Waals surface area contributed by atoms with Gasteiger partial charge in [0.05, 0.1) is 0 Å². The van der Waals surface area contributed by atoms with Gasteiger partial charge in [-0.05, 0) is 54.6 Å². The Morgan fingerprint density at radius 2 is 1.59 bits per heavy atom. The Hall–Kier alpha value is -4.03. The zero-order valence-corrected chi connectivity index (χ0v) is 17.3. The first kappa shape index (κ1) is 18.7. The van der Waals surface area contributed by atoms with E-state index in [9.17, 15) is 4.79 Å². The molecular formula is C25H14ClNO5. The van der Waals surface area contributed by atoms with Gasteiger partial charge in [-0.2, -0.15) is 0 Å². The van der Waals surface area contributed by atoms with E-state index in [0.29, 0.717) is 39.2 Å². The van der Waals surface area contributed by atoms with Crippen LogP contribution in [0, 0.1) is 0 Å². The number of hydrogen-bond donors (Lipinski definition) is 0. The fraction of sp³-hybridized carbons (Fsp3) is 0.0400. The SMILES string of the molecule is O=C1OC(c2ccc(Cl)cc2)=NC1=C1C=C(c2ccc3c(c2)OCO3)Oc2ccccc21. The molecule has 0 aromatic heterocycles. The quantitative estimate of drug-likeness (QED) is 0.401. The van der Waals surface area contributed by atoms with E-state index < -0.39 is 5.97 Å². The zero-order chi connectivity index (χ0) is 21.7. The molecule has 6 nitrogen and oxygen atoms in total. The minimum absolute atomic E-state index is 0.185. The van der Waals surface area contributed by atoms with E-state index in [-0.39, 0.29) is 18.4 Å². The van der Waals surface area contributed by atoms with Gasteiger partial charge in [0.1, 0.15) is 11.5 Å². The molecular weight excluding hydrogens is 430 g/mol. The first-order chi connectivity index (χ1) is 15.7. The largest absolute Gasteiger partial charge is 0.456 e. The van der Waals surface area contributed by atoms with Crippen LogP contribution in [0.15, 0.2) is 83.5 Å². The van der Waals surface area contributed by atoms with Crippen LogP contribution in [0.4, 0.5) is 0 Å². The highest BCUT2D eigenvalue weighted by Gasteiger charge is 2.31. The molecule has 0 radical (unpaired) electrons. The molecule has 0 saturated carbocycles. The van der Waals surface area contributed by atoms with Crippen LogP contribution in [-0.4, -0.2) is 18.7 Å². The van der Waals surface area contributed by atoms with Gasteiger partial charge < -0.3 is 18.9 Å². The number of allylic oxidation sites excluding steroid dienone is 2. The summed E-state index contributed by atoms with van der Waals surface area (Å²) in [5.41, 5.74) is 3.04. The highest BCUT2D eigenvalue weighted by molar-refractivity contribution is 6.30. The monoisotopic (exact) mass is 443 g/mol. The second-order valence-electron chi connectivity index (χ2n) is 7.25. The van der Waals surface area contributed by atoms with E-state index in [1.807, 2.05) is 42.5 Å². The van der Waals surface area contributed by atoms with Gasteiger partial charge in [-0.15, -0.1) is 0 Å². The van der Waals surface area contributed by atoms with Gasteiger partial charge in [0, 0.05) is 27.3 Å². The van der Waals surface area contributed by atoms with Gasteiger partial charge in [-0.3, -0.25) is 0 Å². The Balaban J connectivity index is 1.49. The first-order valence-electron chi connectivity index (χ1n) is 9.86. The minimum atomic E-state index is -0.525. The van der Waals surface area contributed by atoms with Gasteiger partial charge in [0.2, 0.25) is 12.7 Å². The number of carbonyl (C=O) groups is 1.